The number of carbonyl (C=O) groups is 6. The molecule has 1 heterocycles. The smallest absolute Gasteiger partial charge is 0.331 e. The van der Waals surface area contributed by atoms with Crippen molar-refractivity contribution in [1.82, 2.24) is 4.57 Å². The van der Waals surface area contributed by atoms with E-state index < -0.39 is 35.4 Å². The lowest BCUT2D eigenvalue weighted by Gasteiger charge is -2.18. The minimum absolute atomic E-state index is 0.125. The molecule has 4 rings (SSSR count). The number of benzene rings is 3. The number of oxime groups is 2. The van der Waals surface area contributed by atoms with E-state index in [9.17, 15) is 28.8 Å². The van der Waals surface area contributed by atoms with Crippen molar-refractivity contribution >= 4 is 79.4 Å². The van der Waals surface area contributed by atoms with Crippen molar-refractivity contribution in [1.29, 1.82) is 0 Å². The van der Waals surface area contributed by atoms with Crippen LogP contribution >= 0.6 is 0 Å². The summed E-state index contributed by atoms with van der Waals surface area (Å²) in [5.41, 5.74) is 1.92. The van der Waals surface area contributed by atoms with E-state index in [1.807, 2.05) is 30.3 Å². The van der Waals surface area contributed by atoms with E-state index in [4.69, 9.17) is 19.1 Å². The van der Waals surface area contributed by atoms with E-state index in [-0.39, 0.29) is 61.4 Å². The molecule has 0 fully saturated rings. The van der Waals surface area contributed by atoms with Crippen LogP contribution in [0, 0.1) is 5.92 Å². The monoisotopic (exact) mass is 755 g/mol. The van der Waals surface area contributed by atoms with Crippen LogP contribution in [0.5, 0.6) is 0 Å². The maximum absolute atomic E-state index is 14.4. The first-order chi connectivity index (χ1) is 26.4. The number of ether oxygens (including phenoxy) is 2. The second kappa shape index (κ2) is 20.1. The van der Waals surface area contributed by atoms with Gasteiger partial charge in [-0.3, -0.25) is 19.2 Å². The van der Waals surface area contributed by atoms with E-state index in [0.717, 1.165) is 56.0 Å². The molecule has 0 saturated heterocycles. The molecule has 0 aliphatic carbocycles. The van der Waals surface area contributed by atoms with Crippen molar-refractivity contribution in [3.05, 3.63) is 59.7 Å². The van der Waals surface area contributed by atoms with Crippen LogP contribution in [0.3, 0.4) is 0 Å². The number of rotatable bonds is 20. The molecule has 0 aliphatic rings. The van der Waals surface area contributed by atoms with Crippen LogP contribution in [0.25, 0.3) is 32.6 Å². The average molecular weight is 756 g/mol. The van der Waals surface area contributed by atoms with Crippen LogP contribution in [0.1, 0.15) is 114 Å². The molecule has 1 aromatic heterocycles. The zero-order valence-corrected chi connectivity index (χ0v) is 32.4. The third kappa shape index (κ3) is 10.7. The molecule has 292 valence electrons. The van der Waals surface area contributed by atoms with E-state index in [1.54, 1.807) is 32.0 Å². The number of aromatic nitrogens is 1. The number of hydrogen-bond donors (Lipinski definition) is 0. The molecule has 55 heavy (non-hydrogen) atoms. The molecule has 3 aromatic carbocycles. The lowest BCUT2D eigenvalue weighted by atomic mass is 9.94. The predicted octanol–water partition coefficient (Wildman–Crippen LogP) is 8.05. The first kappa shape index (κ1) is 42.0. The van der Waals surface area contributed by atoms with Gasteiger partial charge in [0.1, 0.15) is 11.4 Å². The quantitative estimate of drug-likeness (QED) is 0.0283. The minimum Gasteiger partial charge on any atom is -0.466 e. The molecule has 0 aliphatic heterocycles. The van der Waals surface area contributed by atoms with E-state index in [2.05, 4.69) is 28.7 Å². The van der Waals surface area contributed by atoms with Crippen molar-refractivity contribution in [3.8, 4) is 0 Å². The summed E-state index contributed by atoms with van der Waals surface area (Å²) in [4.78, 5) is 86.1. The summed E-state index contributed by atoms with van der Waals surface area (Å²) in [6, 6.07) is 14.5. The summed E-state index contributed by atoms with van der Waals surface area (Å²) >= 11 is 0. The molecule has 4 aromatic rings. The van der Waals surface area contributed by atoms with Crippen molar-refractivity contribution in [2.75, 3.05) is 13.2 Å². The lowest BCUT2D eigenvalue weighted by molar-refractivity contribution is -0.143. The largest absolute Gasteiger partial charge is 0.466 e. The number of esters is 2. The van der Waals surface area contributed by atoms with Crippen molar-refractivity contribution in [2.45, 2.75) is 99.5 Å². The number of fused-ring (bicyclic) bond motifs is 5. The fourth-order valence-corrected chi connectivity index (χ4v) is 6.53. The topological polar surface area (TPSA) is 169 Å². The van der Waals surface area contributed by atoms with Crippen molar-refractivity contribution in [3.63, 3.8) is 0 Å². The van der Waals surface area contributed by atoms with Gasteiger partial charge in [-0.1, -0.05) is 67.7 Å². The number of Topliss-reactive ketones (excluding diaryl/α,β-unsaturated/α-hetero) is 2. The zero-order chi connectivity index (χ0) is 40.1. The Kier molecular flexibility index (Phi) is 15.4. The highest BCUT2D eigenvalue weighted by Gasteiger charge is 2.26. The van der Waals surface area contributed by atoms with Gasteiger partial charge in [0.2, 0.25) is 11.6 Å². The molecule has 1 atom stereocenters. The highest BCUT2D eigenvalue weighted by Crippen LogP contribution is 2.38. The molecule has 0 amide bonds. The van der Waals surface area contributed by atoms with Gasteiger partial charge in [-0.25, -0.2) is 9.59 Å². The Bertz CT molecular complexity index is 2150. The lowest BCUT2D eigenvalue weighted by Crippen LogP contribution is -2.18. The third-order valence-electron chi connectivity index (χ3n) is 9.19. The van der Waals surface area contributed by atoms with Gasteiger partial charge in [-0.15, -0.1) is 0 Å². The molecular formula is C42H49N3O10. The second-order valence-corrected chi connectivity index (χ2v) is 13.1. The highest BCUT2D eigenvalue weighted by molar-refractivity contribution is 6.49. The maximum Gasteiger partial charge on any atom is 0.331 e. The van der Waals surface area contributed by atoms with E-state index >= 15 is 0 Å². The first-order valence-corrected chi connectivity index (χ1v) is 18.8. The summed E-state index contributed by atoms with van der Waals surface area (Å²) in [5.74, 6) is -3.25. The van der Waals surface area contributed by atoms with Gasteiger partial charge >= 0.3 is 23.9 Å². The predicted molar refractivity (Wildman–Crippen MR) is 209 cm³/mol. The fourth-order valence-electron chi connectivity index (χ4n) is 6.53. The molecule has 13 nitrogen and oxygen atoms in total. The number of hydrogen-bond acceptors (Lipinski definition) is 12. The van der Waals surface area contributed by atoms with Crippen LogP contribution in [-0.2, 0) is 44.9 Å². The Labute approximate surface area is 320 Å². The van der Waals surface area contributed by atoms with Crippen LogP contribution in [-0.4, -0.2) is 64.6 Å². The van der Waals surface area contributed by atoms with Gasteiger partial charge in [-0.05, 0) is 55.8 Å². The molecule has 0 spiro atoms. The summed E-state index contributed by atoms with van der Waals surface area (Å²) < 4.78 is 12.3. The van der Waals surface area contributed by atoms with Gasteiger partial charge in [0.25, 0.3) is 0 Å². The number of carbonyl (C=O) groups excluding carboxylic acids is 6. The molecule has 1 unspecified atom stereocenters. The van der Waals surface area contributed by atoms with Gasteiger partial charge in [0.05, 0.1) is 31.6 Å². The maximum atomic E-state index is 14.4. The molecule has 0 saturated carbocycles. The summed E-state index contributed by atoms with van der Waals surface area (Å²) in [5, 5.41) is 10.4. The van der Waals surface area contributed by atoms with Gasteiger partial charge in [0, 0.05) is 66.0 Å². The van der Waals surface area contributed by atoms with E-state index in [1.165, 1.54) is 0 Å². The Hall–Kier alpha value is -5.72. The second-order valence-electron chi connectivity index (χ2n) is 13.1. The summed E-state index contributed by atoms with van der Waals surface area (Å²) in [6.45, 7) is 11.0. The Morgan fingerprint density at radius 2 is 1.25 bits per heavy atom. The van der Waals surface area contributed by atoms with Crippen LogP contribution in [0.15, 0.2) is 58.8 Å². The number of ketones is 2. The molecule has 0 N–H and O–H groups in total. The minimum atomic E-state index is -0.727. The Morgan fingerprint density at radius 3 is 1.80 bits per heavy atom. The van der Waals surface area contributed by atoms with Gasteiger partial charge in [0.15, 0.2) is 0 Å². The van der Waals surface area contributed by atoms with Gasteiger partial charge < -0.3 is 23.7 Å². The van der Waals surface area contributed by atoms with Crippen LogP contribution in [0.2, 0.25) is 0 Å². The average Bonchev–Trinajstić information content (AvgIpc) is 3.47. The van der Waals surface area contributed by atoms with Crippen LogP contribution in [0.4, 0.5) is 0 Å². The number of nitrogens with zero attached hydrogens (tertiary/aromatic N) is 3. The Balaban J connectivity index is 1.98. The summed E-state index contributed by atoms with van der Waals surface area (Å²) in [6.07, 6.45) is 3.52. The SMILES string of the molecule is CCCCC(CC)Cn1c2ccc(C(=O)/C(CCC(=O)OCC)=N\OC(C)=O)cc2c2cc(C(=O)/C(CCC(=O)OCC)=N/OC(C)=O)c3ccccc3c21. The Morgan fingerprint density at radius 1 is 0.673 bits per heavy atom. The normalized spacial score (nSPS) is 12.5. The van der Waals surface area contributed by atoms with Crippen molar-refractivity contribution < 1.29 is 47.9 Å². The molecule has 13 heteroatoms. The van der Waals surface area contributed by atoms with Crippen LogP contribution < -0.4 is 0 Å². The first-order valence-electron chi connectivity index (χ1n) is 18.8. The summed E-state index contributed by atoms with van der Waals surface area (Å²) in [7, 11) is 0. The van der Waals surface area contributed by atoms with Gasteiger partial charge in [-0.2, -0.15) is 0 Å². The number of unbranched alkanes of at least 4 members (excludes halogenated alkanes) is 1. The third-order valence-corrected chi connectivity index (χ3v) is 9.19. The molecule has 0 radical (unpaired) electrons. The standard InChI is InChI=1S/C42H49N3O10/c1-7-11-14-28(8-2)25-45-37-20-17-29(41(50)35(43-54-26(5)46)18-21-38(48)52-9-3)23-32(37)33-24-34(30-15-12-13-16-31(30)40(33)45)42(51)36(44-55-27(6)47)19-22-39(49)53-10-4/h12-13,15-17,20,23-24,28H,7-11,14,18-19,21-22,25H2,1-6H3/b43-35-,44-36+. The van der Waals surface area contributed by atoms with E-state index in [0.29, 0.717) is 28.6 Å². The zero-order valence-electron chi connectivity index (χ0n) is 32.4. The molecule has 0 bridgehead atoms. The molecular weight excluding hydrogens is 706 g/mol. The highest BCUT2D eigenvalue weighted by atomic mass is 16.7. The fraction of sp³-hybridized carbons (Fsp3) is 0.429. The van der Waals surface area contributed by atoms with Crippen molar-refractivity contribution in [2.24, 2.45) is 16.2 Å².